The third-order valence-corrected chi connectivity index (χ3v) is 11.4. The topological polar surface area (TPSA) is 93.1 Å². The van der Waals surface area contributed by atoms with Crippen molar-refractivity contribution < 1.29 is 27.6 Å². The molecule has 0 unspecified atom stereocenters. The molecule has 0 aliphatic carbocycles. The maximum Gasteiger partial charge on any atom is 0.300 e. The lowest BCUT2D eigenvalue weighted by Crippen LogP contribution is -2.33. The zero-order chi connectivity index (χ0) is 21.6. The van der Waals surface area contributed by atoms with Crippen LogP contribution < -0.4 is 4.74 Å². The van der Waals surface area contributed by atoms with E-state index in [1.807, 2.05) is 0 Å². The normalized spacial score (nSPS) is 17.2. The summed E-state index contributed by atoms with van der Waals surface area (Å²) in [7, 11) is -4.22. The van der Waals surface area contributed by atoms with E-state index in [0.717, 1.165) is 0 Å². The molecule has 2 aliphatic rings. The smallest absolute Gasteiger partial charge is 0.300 e. The highest BCUT2D eigenvalue weighted by Gasteiger charge is 2.58. The van der Waals surface area contributed by atoms with E-state index in [9.17, 15) is 18.6 Å². The minimum absolute atomic E-state index is 0.0376. The van der Waals surface area contributed by atoms with E-state index >= 15 is 0 Å². The van der Waals surface area contributed by atoms with Crippen molar-refractivity contribution in [3.8, 4) is 23.0 Å². The van der Waals surface area contributed by atoms with E-state index in [1.165, 1.54) is 24.3 Å². The van der Waals surface area contributed by atoms with Gasteiger partial charge in [-0.15, -0.1) is 0 Å². The second kappa shape index (κ2) is 6.69. The summed E-state index contributed by atoms with van der Waals surface area (Å²) in [5.41, 5.74) is -0.486. The molecule has 154 valence electrons. The van der Waals surface area contributed by atoms with Gasteiger partial charge in [0.15, 0.2) is 5.60 Å². The lowest BCUT2D eigenvalue weighted by Gasteiger charge is -2.36. The quantitative estimate of drug-likeness (QED) is 0.165. The van der Waals surface area contributed by atoms with Gasteiger partial charge in [-0.1, -0.05) is 0 Å². The number of rotatable bonds is 0. The second-order valence-electron chi connectivity index (χ2n) is 6.64. The number of fused-ring (bicyclic) bond motifs is 6. The first-order chi connectivity index (χ1) is 14.1. The summed E-state index contributed by atoms with van der Waals surface area (Å²) in [5.74, 6) is 0.285. The van der Waals surface area contributed by atoms with Crippen LogP contribution in [0.1, 0.15) is 16.7 Å². The molecule has 0 saturated carbocycles. The lowest BCUT2D eigenvalue weighted by molar-refractivity contribution is 0.163. The van der Waals surface area contributed by atoms with Crippen LogP contribution in [0.15, 0.2) is 59.2 Å². The largest absolute Gasteiger partial charge is 0.508 e. The van der Waals surface area contributed by atoms with Crippen LogP contribution in [0.25, 0.3) is 0 Å². The van der Waals surface area contributed by atoms with Crippen molar-refractivity contribution in [3.63, 3.8) is 0 Å². The van der Waals surface area contributed by atoms with Gasteiger partial charge in [-0.25, -0.2) is 4.18 Å². The SMILES string of the molecule is O=S1(=O)OC2(c3ccc(O)cc3Oc3cc(O)ccc32)c2c(Br)c(Br)c(Br)c(Br)c21. The van der Waals surface area contributed by atoms with Gasteiger partial charge in [0, 0.05) is 42.2 Å². The van der Waals surface area contributed by atoms with Gasteiger partial charge in [-0.3, -0.25) is 0 Å². The molecule has 0 bridgehead atoms. The predicted molar refractivity (Wildman–Crippen MR) is 122 cm³/mol. The second-order valence-corrected chi connectivity index (χ2v) is 11.3. The Labute approximate surface area is 204 Å². The number of benzene rings is 3. The molecule has 0 aromatic heterocycles. The molecule has 0 saturated heterocycles. The number of halogens is 4. The highest BCUT2D eigenvalue weighted by atomic mass is 79.9. The summed E-state index contributed by atoms with van der Waals surface area (Å²) >= 11 is 13.8. The summed E-state index contributed by atoms with van der Waals surface area (Å²) in [5, 5.41) is 20.0. The van der Waals surface area contributed by atoms with Crippen molar-refractivity contribution in [2.45, 2.75) is 10.5 Å². The van der Waals surface area contributed by atoms with Crippen molar-refractivity contribution in [1.82, 2.24) is 0 Å². The molecule has 2 N–H and O–H groups in total. The Morgan fingerprint density at radius 2 is 1.27 bits per heavy atom. The first kappa shape index (κ1) is 20.8. The Bertz CT molecular complexity index is 1340. The molecule has 0 amide bonds. The first-order valence-electron chi connectivity index (χ1n) is 8.25. The van der Waals surface area contributed by atoms with E-state index in [-0.39, 0.29) is 27.9 Å². The predicted octanol–water partition coefficient (Wildman–Crippen LogP) is 6.26. The van der Waals surface area contributed by atoms with Crippen LogP contribution in [-0.4, -0.2) is 18.6 Å². The molecule has 0 atom stereocenters. The van der Waals surface area contributed by atoms with Gasteiger partial charge in [0.1, 0.15) is 27.9 Å². The minimum Gasteiger partial charge on any atom is -0.508 e. The molecule has 3 aromatic rings. The summed E-state index contributed by atoms with van der Waals surface area (Å²) in [6.45, 7) is 0. The van der Waals surface area contributed by atoms with Crippen LogP contribution in [-0.2, 0) is 19.9 Å². The molecule has 11 heteroatoms. The zero-order valence-corrected chi connectivity index (χ0v) is 21.6. The van der Waals surface area contributed by atoms with Crippen LogP contribution in [0.5, 0.6) is 23.0 Å². The average Bonchev–Trinajstić information content (AvgIpc) is 2.92. The zero-order valence-electron chi connectivity index (χ0n) is 14.4. The van der Waals surface area contributed by atoms with E-state index in [4.69, 9.17) is 8.92 Å². The van der Waals surface area contributed by atoms with Gasteiger partial charge >= 0.3 is 0 Å². The van der Waals surface area contributed by atoms with Gasteiger partial charge in [-0.2, -0.15) is 8.42 Å². The van der Waals surface area contributed by atoms with Crippen molar-refractivity contribution in [2.75, 3.05) is 0 Å². The standard InChI is InChI=1S/C19H8Br4O6S/c20-14-13-18(17(23)16(22)15(14)21)30(26,27)29-19(13)9-3-1-7(24)5-11(9)28-12-6-8(25)2-4-10(12)19/h1-6,24-25H. The van der Waals surface area contributed by atoms with Crippen LogP contribution >= 0.6 is 63.7 Å². The molecule has 2 heterocycles. The van der Waals surface area contributed by atoms with Crippen LogP contribution in [0.4, 0.5) is 0 Å². The van der Waals surface area contributed by atoms with E-state index in [1.54, 1.807) is 12.1 Å². The number of hydrogen-bond acceptors (Lipinski definition) is 6. The average molecular weight is 684 g/mol. The molecule has 2 aliphatic heterocycles. The number of phenolic OH excluding ortho intramolecular Hbond substituents is 2. The fraction of sp³-hybridized carbons (Fsp3) is 0.0526. The maximum absolute atomic E-state index is 13.3. The Kier molecular flexibility index (Phi) is 4.63. The molecule has 3 aromatic carbocycles. The fourth-order valence-electron chi connectivity index (χ4n) is 3.80. The number of aromatic hydroxyl groups is 2. The molecule has 30 heavy (non-hydrogen) atoms. The van der Waals surface area contributed by atoms with Gasteiger partial charge in [-0.05, 0) is 88.0 Å². The molecular weight excluding hydrogens is 676 g/mol. The van der Waals surface area contributed by atoms with Gasteiger partial charge in [0.2, 0.25) is 0 Å². The van der Waals surface area contributed by atoms with Crippen molar-refractivity contribution in [3.05, 3.63) is 71.0 Å². The molecule has 6 nitrogen and oxygen atoms in total. The van der Waals surface area contributed by atoms with Gasteiger partial charge in [0.05, 0.1) is 4.47 Å². The highest BCUT2D eigenvalue weighted by Crippen LogP contribution is 2.63. The third-order valence-electron chi connectivity index (χ3n) is 4.97. The molecule has 1 spiro atoms. The Morgan fingerprint density at radius 3 is 1.80 bits per heavy atom. The number of ether oxygens (including phenoxy) is 1. The fourth-order valence-corrected chi connectivity index (χ4v) is 8.55. The molecule has 5 rings (SSSR count). The highest BCUT2D eigenvalue weighted by molar-refractivity contribution is 9.15. The van der Waals surface area contributed by atoms with Gasteiger partial charge in [0.25, 0.3) is 10.1 Å². The van der Waals surface area contributed by atoms with E-state index in [2.05, 4.69) is 63.7 Å². The maximum atomic E-state index is 13.3. The number of phenols is 2. The summed E-state index contributed by atoms with van der Waals surface area (Å²) in [4.78, 5) is -0.0376. The number of hydrogen-bond donors (Lipinski definition) is 2. The minimum atomic E-state index is -4.22. The molecule has 0 fully saturated rings. The third kappa shape index (κ3) is 2.62. The Hall–Kier alpha value is -1.11. The van der Waals surface area contributed by atoms with E-state index in [0.29, 0.717) is 34.6 Å². The van der Waals surface area contributed by atoms with Crippen LogP contribution in [0.3, 0.4) is 0 Å². The summed E-state index contributed by atoms with van der Waals surface area (Å²) in [6.07, 6.45) is 0. The van der Waals surface area contributed by atoms with E-state index < -0.39 is 15.7 Å². The Balaban J connectivity index is 2.02. The van der Waals surface area contributed by atoms with Crippen molar-refractivity contribution >= 4 is 73.8 Å². The molecular formula is C19H8Br4O6S. The van der Waals surface area contributed by atoms with Crippen molar-refractivity contribution in [2.24, 2.45) is 0 Å². The van der Waals surface area contributed by atoms with Crippen LogP contribution in [0.2, 0.25) is 0 Å². The van der Waals surface area contributed by atoms with Crippen LogP contribution in [0, 0.1) is 0 Å². The Morgan fingerprint density at radius 1 is 0.767 bits per heavy atom. The first-order valence-corrected chi connectivity index (χ1v) is 12.8. The monoisotopic (exact) mass is 680 g/mol. The lowest BCUT2D eigenvalue weighted by atomic mass is 9.78. The van der Waals surface area contributed by atoms with Crippen molar-refractivity contribution in [1.29, 1.82) is 0 Å². The van der Waals surface area contributed by atoms with Gasteiger partial charge < -0.3 is 14.9 Å². The summed E-state index contributed by atoms with van der Waals surface area (Å²) in [6, 6.07) is 8.72. The molecule has 0 radical (unpaired) electrons. The summed E-state index contributed by atoms with van der Waals surface area (Å²) < 4.78 is 40.2.